The predicted molar refractivity (Wildman–Crippen MR) is 78.6 cm³/mol. The fraction of sp³-hybridized carbons (Fsp3) is 0.615. The Bertz CT molecular complexity index is 586. The van der Waals surface area contributed by atoms with Crippen LogP contribution in [0.1, 0.15) is 12.8 Å². The molecule has 0 saturated carbocycles. The van der Waals surface area contributed by atoms with Crippen LogP contribution in [0.3, 0.4) is 0 Å². The molecule has 0 aromatic carbocycles. The van der Waals surface area contributed by atoms with Gasteiger partial charge < -0.3 is 9.64 Å². The molecule has 0 N–H and O–H groups in total. The van der Waals surface area contributed by atoms with Crippen LogP contribution in [0.15, 0.2) is 21.7 Å². The quantitative estimate of drug-likeness (QED) is 0.821. The van der Waals surface area contributed by atoms with Gasteiger partial charge >= 0.3 is 0 Å². The lowest BCUT2D eigenvalue weighted by atomic mass is 10.2. The smallest absolute Gasteiger partial charge is 0.252 e. The molecular weight excluding hydrogens is 312 g/mol. The van der Waals surface area contributed by atoms with Gasteiger partial charge in [-0.05, 0) is 24.3 Å². The van der Waals surface area contributed by atoms with Crippen molar-refractivity contribution in [1.82, 2.24) is 9.21 Å². The molecule has 6 nitrogen and oxygen atoms in total. The zero-order chi connectivity index (χ0) is 14.9. The summed E-state index contributed by atoms with van der Waals surface area (Å²) in [6.45, 7) is 2.20. The molecule has 0 aliphatic carbocycles. The molecule has 8 heteroatoms. The SMILES string of the molecule is O=C([C@H]1CCCO1)N1CCN(S(=O)(=O)c2cccs2)CC1. The highest BCUT2D eigenvalue weighted by atomic mass is 32.2. The molecule has 116 valence electrons. The Kier molecular flexibility index (Phi) is 4.30. The van der Waals surface area contributed by atoms with Gasteiger partial charge in [0.1, 0.15) is 10.3 Å². The van der Waals surface area contributed by atoms with Crippen molar-refractivity contribution in [2.24, 2.45) is 0 Å². The maximum Gasteiger partial charge on any atom is 0.252 e. The first-order valence-electron chi connectivity index (χ1n) is 7.03. The van der Waals surface area contributed by atoms with Crippen LogP contribution in [-0.4, -0.2) is 62.4 Å². The molecule has 2 fully saturated rings. The number of nitrogens with zero attached hydrogens (tertiary/aromatic N) is 2. The van der Waals surface area contributed by atoms with Crippen LogP contribution >= 0.6 is 11.3 Å². The van der Waals surface area contributed by atoms with E-state index >= 15 is 0 Å². The minimum absolute atomic E-state index is 0.000622. The Morgan fingerprint density at radius 2 is 2.05 bits per heavy atom. The van der Waals surface area contributed by atoms with Gasteiger partial charge in [0.2, 0.25) is 0 Å². The van der Waals surface area contributed by atoms with Crippen molar-refractivity contribution in [3.05, 3.63) is 17.5 Å². The fourth-order valence-electron chi connectivity index (χ4n) is 2.66. The van der Waals surface area contributed by atoms with Crippen LogP contribution < -0.4 is 0 Å². The van der Waals surface area contributed by atoms with E-state index in [1.54, 1.807) is 22.4 Å². The number of sulfonamides is 1. The highest BCUT2D eigenvalue weighted by Gasteiger charge is 2.34. The van der Waals surface area contributed by atoms with Gasteiger partial charge in [-0.1, -0.05) is 6.07 Å². The zero-order valence-electron chi connectivity index (χ0n) is 11.6. The molecule has 0 radical (unpaired) electrons. The largest absolute Gasteiger partial charge is 0.368 e. The van der Waals surface area contributed by atoms with E-state index in [2.05, 4.69) is 0 Å². The normalized spacial score (nSPS) is 24.4. The van der Waals surface area contributed by atoms with Crippen molar-refractivity contribution >= 4 is 27.3 Å². The summed E-state index contributed by atoms with van der Waals surface area (Å²) < 4.78 is 32.0. The van der Waals surface area contributed by atoms with Gasteiger partial charge in [-0.2, -0.15) is 4.31 Å². The summed E-state index contributed by atoms with van der Waals surface area (Å²) >= 11 is 1.22. The van der Waals surface area contributed by atoms with E-state index in [-0.39, 0.29) is 12.0 Å². The van der Waals surface area contributed by atoms with Crippen LogP contribution in [0.2, 0.25) is 0 Å². The van der Waals surface area contributed by atoms with Crippen molar-refractivity contribution < 1.29 is 17.9 Å². The lowest BCUT2D eigenvalue weighted by Crippen LogP contribution is -2.52. The maximum absolute atomic E-state index is 12.4. The zero-order valence-corrected chi connectivity index (χ0v) is 13.2. The van der Waals surface area contributed by atoms with Gasteiger partial charge in [0.15, 0.2) is 0 Å². The van der Waals surface area contributed by atoms with E-state index in [9.17, 15) is 13.2 Å². The highest BCUT2D eigenvalue weighted by Crippen LogP contribution is 2.23. The molecule has 1 atom stereocenters. The number of carbonyl (C=O) groups excluding carboxylic acids is 1. The second-order valence-electron chi connectivity index (χ2n) is 5.16. The van der Waals surface area contributed by atoms with E-state index in [1.165, 1.54) is 15.6 Å². The van der Waals surface area contributed by atoms with Crippen LogP contribution in [0.25, 0.3) is 0 Å². The van der Waals surface area contributed by atoms with Crippen LogP contribution in [-0.2, 0) is 19.6 Å². The molecule has 3 rings (SSSR count). The first kappa shape index (κ1) is 15.0. The standard InChI is InChI=1S/C13H18N2O4S2/c16-13(11-3-1-9-19-11)14-5-7-15(8-6-14)21(17,18)12-4-2-10-20-12/h2,4,10-11H,1,3,5-9H2/t11-/m1/s1. The van der Waals surface area contributed by atoms with E-state index in [4.69, 9.17) is 4.74 Å². The lowest BCUT2D eigenvalue weighted by molar-refractivity contribution is -0.142. The average molecular weight is 330 g/mol. The monoisotopic (exact) mass is 330 g/mol. The number of amides is 1. The molecule has 0 unspecified atom stereocenters. The summed E-state index contributed by atoms with van der Waals surface area (Å²) in [5.74, 6) is 0.000622. The maximum atomic E-state index is 12.4. The van der Waals surface area contributed by atoms with Crippen LogP contribution in [0.4, 0.5) is 0 Å². The number of hydrogen-bond acceptors (Lipinski definition) is 5. The van der Waals surface area contributed by atoms with Gasteiger partial charge in [-0.15, -0.1) is 11.3 Å². The number of carbonyl (C=O) groups is 1. The van der Waals surface area contributed by atoms with Crippen molar-refractivity contribution in [2.45, 2.75) is 23.2 Å². The Morgan fingerprint density at radius 3 is 2.62 bits per heavy atom. The first-order chi connectivity index (χ1) is 10.1. The van der Waals surface area contributed by atoms with Crippen LogP contribution in [0.5, 0.6) is 0 Å². The molecular formula is C13H18N2O4S2. The number of hydrogen-bond donors (Lipinski definition) is 0. The summed E-state index contributed by atoms with van der Waals surface area (Å²) in [6, 6.07) is 3.35. The fourth-order valence-corrected chi connectivity index (χ4v) is 5.23. The van der Waals surface area contributed by atoms with Crippen LogP contribution in [0, 0.1) is 0 Å². The Balaban J connectivity index is 1.61. The minimum Gasteiger partial charge on any atom is -0.368 e. The Morgan fingerprint density at radius 1 is 1.29 bits per heavy atom. The van der Waals surface area contributed by atoms with E-state index in [0.717, 1.165) is 12.8 Å². The predicted octanol–water partition coefficient (Wildman–Crippen LogP) is 0.760. The van der Waals surface area contributed by atoms with Gasteiger partial charge in [0.25, 0.3) is 15.9 Å². The van der Waals surface area contributed by atoms with Gasteiger partial charge in [0.05, 0.1) is 0 Å². The third-order valence-corrected chi connectivity index (χ3v) is 7.12. The van der Waals surface area contributed by atoms with Gasteiger partial charge in [-0.25, -0.2) is 8.42 Å². The van der Waals surface area contributed by atoms with Crippen molar-refractivity contribution in [2.75, 3.05) is 32.8 Å². The first-order valence-corrected chi connectivity index (χ1v) is 9.35. The van der Waals surface area contributed by atoms with E-state index in [1.807, 2.05) is 0 Å². The van der Waals surface area contributed by atoms with Gasteiger partial charge in [0, 0.05) is 32.8 Å². The average Bonchev–Trinajstić information content (AvgIpc) is 3.19. The molecule has 1 amide bonds. The summed E-state index contributed by atoms with van der Waals surface area (Å²) in [7, 11) is -3.40. The molecule has 2 aliphatic rings. The van der Waals surface area contributed by atoms with E-state index < -0.39 is 10.0 Å². The topological polar surface area (TPSA) is 66.9 Å². The summed E-state index contributed by atoms with van der Waals surface area (Å²) in [6.07, 6.45) is 1.36. The molecule has 1 aromatic rings. The number of rotatable bonds is 3. The second kappa shape index (κ2) is 6.04. The summed E-state index contributed by atoms with van der Waals surface area (Å²) in [4.78, 5) is 13.9. The molecule has 3 heterocycles. The number of piperazine rings is 1. The molecule has 2 aliphatic heterocycles. The molecule has 21 heavy (non-hydrogen) atoms. The molecule has 0 spiro atoms. The molecule has 1 aromatic heterocycles. The van der Waals surface area contributed by atoms with Crippen molar-refractivity contribution in [3.63, 3.8) is 0 Å². The summed E-state index contributed by atoms with van der Waals surface area (Å²) in [5, 5.41) is 1.75. The highest BCUT2D eigenvalue weighted by molar-refractivity contribution is 7.91. The third kappa shape index (κ3) is 2.98. The number of thiophene rings is 1. The second-order valence-corrected chi connectivity index (χ2v) is 8.28. The molecule has 0 bridgehead atoms. The lowest BCUT2D eigenvalue weighted by Gasteiger charge is -2.34. The third-order valence-electron chi connectivity index (χ3n) is 3.84. The minimum atomic E-state index is -3.40. The molecule has 2 saturated heterocycles. The van der Waals surface area contributed by atoms with Gasteiger partial charge in [-0.3, -0.25) is 4.79 Å². The number of ether oxygens (including phenoxy) is 1. The Labute approximate surface area is 128 Å². The van der Waals surface area contributed by atoms with Crippen molar-refractivity contribution in [3.8, 4) is 0 Å². The van der Waals surface area contributed by atoms with Crippen molar-refractivity contribution in [1.29, 1.82) is 0 Å². The Hall–Kier alpha value is -0.960. The van der Waals surface area contributed by atoms with E-state index in [0.29, 0.717) is 37.0 Å². The summed E-state index contributed by atoms with van der Waals surface area (Å²) in [5.41, 5.74) is 0.